The number of ether oxygens (including phenoxy) is 1. The molecule has 3 aromatic rings. The number of nitrogens with one attached hydrogen (secondary N) is 2. The highest BCUT2D eigenvalue weighted by molar-refractivity contribution is 5.90. The van der Waals surface area contributed by atoms with Crippen molar-refractivity contribution in [2.24, 2.45) is 0 Å². The molecule has 1 aromatic heterocycles. The monoisotopic (exact) mass is 370 g/mol. The molecule has 1 heterocycles. The molecule has 140 valence electrons. The molecule has 0 spiro atoms. The number of carbonyl (C=O) groups excluding carboxylic acids is 2. The third kappa shape index (κ3) is 4.25. The average Bonchev–Trinajstić information content (AvgIpc) is 3.11. The maximum Gasteiger partial charge on any atom is 0.337 e. The van der Waals surface area contributed by atoms with Crippen LogP contribution in [0.3, 0.4) is 0 Å². The van der Waals surface area contributed by atoms with Crippen LogP contribution in [0.25, 0.3) is 11.0 Å². The molecule has 2 aromatic carbocycles. The van der Waals surface area contributed by atoms with Gasteiger partial charge in [-0.3, -0.25) is 4.79 Å². The Morgan fingerprint density at radius 3 is 2.70 bits per heavy atom. The van der Waals surface area contributed by atoms with Crippen LogP contribution in [0.5, 0.6) is 0 Å². The minimum Gasteiger partial charge on any atom is -0.465 e. The number of methoxy groups -OCH3 is 1. The summed E-state index contributed by atoms with van der Waals surface area (Å²) < 4.78 is 24.2. The normalized spacial score (nSPS) is 11.8. The van der Waals surface area contributed by atoms with Gasteiger partial charge in [-0.1, -0.05) is 18.2 Å². The van der Waals surface area contributed by atoms with E-state index < -0.39 is 11.8 Å². The summed E-state index contributed by atoms with van der Waals surface area (Å²) in [5, 5.41) is 6.43. The first-order chi connectivity index (χ1) is 13.0. The van der Waals surface area contributed by atoms with Gasteiger partial charge in [0.2, 0.25) is 5.91 Å². The number of para-hydroxylation sites is 1. The molecule has 3 rings (SSSR count). The molecule has 0 fully saturated rings. The molecule has 0 radical (unpaired) electrons. The van der Waals surface area contributed by atoms with E-state index in [4.69, 9.17) is 4.42 Å². The van der Waals surface area contributed by atoms with Gasteiger partial charge < -0.3 is 19.8 Å². The molecule has 2 N–H and O–H groups in total. The number of amides is 1. The lowest BCUT2D eigenvalue weighted by molar-refractivity contribution is -0.120. The van der Waals surface area contributed by atoms with Crippen LogP contribution in [-0.4, -0.2) is 25.5 Å². The molecule has 0 aliphatic rings. The summed E-state index contributed by atoms with van der Waals surface area (Å²) in [6.07, 6.45) is 0. The number of benzene rings is 2. The highest BCUT2D eigenvalue weighted by Crippen LogP contribution is 2.23. The third-order valence-corrected chi connectivity index (χ3v) is 4.08. The number of rotatable bonds is 6. The molecular weight excluding hydrogens is 351 g/mol. The van der Waals surface area contributed by atoms with Gasteiger partial charge in [-0.25, -0.2) is 9.18 Å². The summed E-state index contributed by atoms with van der Waals surface area (Å²) in [6.45, 7) is 1.64. The molecule has 1 atom stereocenters. The molecule has 0 aliphatic heterocycles. The van der Waals surface area contributed by atoms with Gasteiger partial charge in [0.15, 0.2) is 0 Å². The molecule has 6 nitrogen and oxygen atoms in total. The summed E-state index contributed by atoms with van der Waals surface area (Å²) in [5.41, 5.74) is 0.982. The van der Waals surface area contributed by atoms with E-state index in [0.717, 1.165) is 17.0 Å². The first-order valence-electron chi connectivity index (χ1n) is 8.37. The lowest BCUT2D eigenvalue weighted by Gasteiger charge is -2.13. The van der Waals surface area contributed by atoms with Crippen molar-refractivity contribution in [3.63, 3.8) is 0 Å². The Morgan fingerprint density at radius 2 is 1.96 bits per heavy atom. The fraction of sp³-hybridized carbons (Fsp3) is 0.200. The number of fused-ring (bicyclic) bond motifs is 1. The zero-order valence-electron chi connectivity index (χ0n) is 14.9. The number of anilines is 1. The van der Waals surface area contributed by atoms with Gasteiger partial charge in [-0.05, 0) is 37.3 Å². The zero-order chi connectivity index (χ0) is 19.4. The van der Waals surface area contributed by atoms with Crippen molar-refractivity contribution in [3.8, 4) is 0 Å². The molecule has 0 unspecified atom stereocenters. The van der Waals surface area contributed by atoms with Crippen LogP contribution in [0.4, 0.5) is 10.1 Å². The molecule has 0 bridgehead atoms. The SMILES string of the molecule is COC(=O)c1ccc(F)c(NCC(=O)N[C@H](C)c2cc3ccccc3o2)c1. The molecular formula is C20H19FN2O4. The second kappa shape index (κ2) is 7.90. The van der Waals surface area contributed by atoms with E-state index in [-0.39, 0.29) is 29.7 Å². The highest BCUT2D eigenvalue weighted by Gasteiger charge is 2.15. The highest BCUT2D eigenvalue weighted by atomic mass is 19.1. The van der Waals surface area contributed by atoms with Crippen LogP contribution < -0.4 is 10.6 Å². The van der Waals surface area contributed by atoms with Crippen LogP contribution in [0.15, 0.2) is 52.9 Å². The second-order valence-corrected chi connectivity index (χ2v) is 6.02. The van der Waals surface area contributed by atoms with E-state index in [1.807, 2.05) is 30.3 Å². The maximum atomic E-state index is 13.9. The van der Waals surface area contributed by atoms with E-state index in [9.17, 15) is 14.0 Å². The van der Waals surface area contributed by atoms with Crippen molar-refractivity contribution >= 4 is 28.5 Å². The third-order valence-electron chi connectivity index (χ3n) is 4.08. The molecule has 0 saturated carbocycles. The summed E-state index contributed by atoms with van der Waals surface area (Å²) >= 11 is 0. The molecule has 0 saturated heterocycles. The van der Waals surface area contributed by atoms with Gasteiger partial charge in [-0.15, -0.1) is 0 Å². The van der Waals surface area contributed by atoms with Crippen molar-refractivity contribution in [2.75, 3.05) is 19.0 Å². The van der Waals surface area contributed by atoms with Gasteiger partial charge in [-0.2, -0.15) is 0 Å². The standard InChI is InChI=1S/C20H19FN2O4/c1-12(18-10-13-5-3-4-6-17(13)27-18)23-19(24)11-22-16-9-14(20(25)26-2)7-8-15(16)21/h3-10,12,22H,11H2,1-2H3,(H,23,24)/t12-/m1/s1. The van der Waals surface area contributed by atoms with Crippen LogP contribution in [0.1, 0.15) is 29.1 Å². The molecule has 7 heteroatoms. The Kier molecular flexibility index (Phi) is 5.40. The van der Waals surface area contributed by atoms with E-state index in [1.54, 1.807) is 6.92 Å². The lowest BCUT2D eigenvalue weighted by atomic mass is 10.2. The lowest BCUT2D eigenvalue weighted by Crippen LogP contribution is -2.32. The quantitative estimate of drug-likeness (QED) is 0.648. The van der Waals surface area contributed by atoms with Crippen molar-refractivity contribution in [1.82, 2.24) is 5.32 Å². The number of esters is 1. The zero-order valence-corrected chi connectivity index (χ0v) is 14.9. The van der Waals surface area contributed by atoms with Crippen LogP contribution >= 0.6 is 0 Å². The summed E-state index contributed by atoms with van der Waals surface area (Å²) in [7, 11) is 1.24. The molecule has 1 amide bonds. The van der Waals surface area contributed by atoms with Crippen molar-refractivity contribution in [1.29, 1.82) is 0 Å². The van der Waals surface area contributed by atoms with E-state index in [0.29, 0.717) is 5.76 Å². The van der Waals surface area contributed by atoms with E-state index >= 15 is 0 Å². The summed E-state index contributed by atoms with van der Waals surface area (Å²) in [5.74, 6) is -0.865. The number of hydrogen-bond acceptors (Lipinski definition) is 5. The predicted octanol–water partition coefficient (Wildman–Crippen LogP) is 3.65. The van der Waals surface area contributed by atoms with Crippen molar-refractivity contribution in [3.05, 3.63) is 65.7 Å². The topological polar surface area (TPSA) is 80.6 Å². The summed E-state index contributed by atoms with van der Waals surface area (Å²) in [4.78, 5) is 23.7. The van der Waals surface area contributed by atoms with Crippen LogP contribution in [-0.2, 0) is 9.53 Å². The fourth-order valence-electron chi connectivity index (χ4n) is 2.66. The van der Waals surface area contributed by atoms with Crippen LogP contribution in [0, 0.1) is 5.82 Å². The Labute approximate surface area is 155 Å². The second-order valence-electron chi connectivity index (χ2n) is 6.02. The minimum absolute atomic E-state index is 0.0458. The Hall–Kier alpha value is -3.35. The van der Waals surface area contributed by atoms with Gasteiger partial charge >= 0.3 is 5.97 Å². The largest absolute Gasteiger partial charge is 0.465 e. The number of halogens is 1. The van der Waals surface area contributed by atoms with Gasteiger partial charge in [0, 0.05) is 5.39 Å². The van der Waals surface area contributed by atoms with Gasteiger partial charge in [0.1, 0.15) is 17.2 Å². The predicted molar refractivity (Wildman–Crippen MR) is 99.0 cm³/mol. The number of hydrogen-bond donors (Lipinski definition) is 2. The van der Waals surface area contributed by atoms with Crippen molar-refractivity contribution < 1.29 is 23.1 Å². The van der Waals surface area contributed by atoms with Crippen LogP contribution in [0.2, 0.25) is 0 Å². The first kappa shape index (κ1) is 18.4. The molecule has 0 aliphatic carbocycles. The first-order valence-corrected chi connectivity index (χ1v) is 8.37. The Bertz CT molecular complexity index is 950. The van der Waals surface area contributed by atoms with Gasteiger partial charge in [0.25, 0.3) is 0 Å². The maximum absolute atomic E-state index is 13.9. The Morgan fingerprint density at radius 1 is 1.19 bits per heavy atom. The van der Waals surface area contributed by atoms with E-state index in [2.05, 4.69) is 15.4 Å². The smallest absolute Gasteiger partial charge is 0.337 e. The number of carbonyl (C=O) groups is 2. The van der Waals surface area contributed by atoms with E-state index in [1.165, 1.54) is 19.2 Å². The van der Waals surface area contributed by atoms with Gasteiger partial charge in [0.05, 0.1) is 30.9 Å². The van der Waals surface area contributed by atoms with Crippen molar-refractivity contribution in [2.45, 2.75) is 13.0 Å². The minimum atomic E-state index is -0.582. The number of furan rings is 1. The summed E-state index contributed by atoms with van der Waals surface area (Å²) in [6, 6.07) is 12.8. The Balaban J connectivity index is 1.61. The molecule has 27 heavy (non-hydrogen) atoms. The fourth-order valence-corrected chi connectivity index (χ4v) is 2.66. The average molecular weight is 370 g/mol.